The minimum Gasteiger partial charge on any atom is -0.495 e. The van der Waals surface area contributed by atoms with Gasteiger partial charge in [0.2, 0.25) is 0 Å². The molecule has 1 aromatic heterocycles. The summed E-state index contributed by atoms with van der Waals surface area (Å²) in [5, 5.41) is 0.828. The zero-order valence-corrected chi connectivity index (χ0v) is 16.5. The maximum absolute atomic E-state index is 12.1. The van der Waals surface area contributed by atoms with Crippen molar-refractivity contribution in [2.45, 2.75) is 19.3 Å². The van der Waals surface area contributed by atoms with Crippen LogP contribution in [0.3, 0.4) is 0 Å². The monoisotopic (exact) mass is 414 g/mol. The molecule has 1 N–H and O–H groups in total. The zero-order valence-electron chi connectivity index (χ0n) is 15.7. The van der Waals surface area contributed by atoms with Crippen LogP contribution in [0.25, 0.3) is 10.9 Å². The largest absolute Gasteiger partial charge is 0.495 e. The molecule has 0 radical (unpaired) electrons. The molecular weight excluding hydrogens is 396 g/mol. The third-order valence-electron chi connectivity index (χ3n) is 4.29. The van der Waals surface area contributed by atoms with Crippen LogP contribution in [0.1, 0.15) is 29.0 Å². The van der Waals surface area contributed by atoms with Crippen LogP contribution in [0.15, 0.2) is 47.3 Å². The Morgan fingerprint density at radius 1 is 1.17 bits per heavy atom. The molecular formula is C21H19ClN2O5. The summed E-state index contributed by atoms with van der Waals surface area (Å²) in [6, 6.07) is 11.7. The first kappa shape index (κ1) is 20.5. The van der Waals surface area contributed by atoms with Gasteiger partial charge in [0, 0.05) is 18.4 Å². The molecule has 150 valence electrons. The van der Waals surface area contributed by atoms with Gasteiger partial charge >= 0.3 is 5.97 Å². The highest BCUT2D eigenvalue weighted by Gasteiger charge is 2.12. The summed E-state index contributed by atoms with van der Waals surface area (Å²) in [5.41, 5.74) is 0.732. The molecule has 3 rings (SSSR count). The first-order chi connectivity index (χ1) is 14.0. The molecule has 0 aliphatic rings. The second-order valence-corrected chi connectivity index (χ2v) is 6.72. The van der Waals surface area contributed by atoms with E-state index in [1.807, 2.05) is 6.07 Å². The van der Waals surface area contributed by atoms with E-state index in [1.54, 1.807) is 30.3 Å². The number of fused-ring (bicyclic) bond motifs is 1. The second-order valence-electron chi connectivity index (χ2n) is 6.32. The zero-order chi connectivity index (χ0) is 20.8. The summed E-state index contributed by atoms with van der Waals surface area (Å²) in [6.07, 6.45) is 0.951. The minimum absolute atomic E-state index is 0.104. The number of carbonyl (C=O) groups is 2. The molecule has 0 unspecified atom stereocenters. The number of ether oxygens (including phenoxy) is 2. The Morgan fingerprint density at radius 3 is 2.72 bits per heavy atom. The van der Waals surface area contributed by atoms with Gasteiger partial charge in [-0.25, -0.2) is 4.98 Å². The van der Waals surface area contributed by atoms with E-state index in [0.717, 1.165) is 0 Å². The Kier molecular flexibility index (Phi) is 6.61. The molecule has 0 atom stereocenters. The lowest BCUT2D eigenvalue weighted by molar-refractivity contribution is -0.142. The third-order valence-corrected chi connectivity index (χ3v) is 4.59. The van der Waals surface area contributed by atoms with Crippen LogP contribution in [0.4, 0.5) is 0 Å². The van der Waals surface area contributed by atoms with Gasteiger partial charge in [-0.2, -0.15) is 0 Å². The molecule has 29 heavy (non-hydrogen) atoms. The van der Waals surface area contributed by atoms with E-state index in [2.05, 4.69) is 9.97 Å². The number of aromatic amines is 1. The van der Waals surface area contributed by atoms with E-state index < -0.39 is 5.97 Å². The average molecular weight is 415 g/mol. The predicted octanol–water partition coefficient (Wildman–Crippen LogP) is 3.33. The molecule has 3 aromatic rings. The van der Waals surface area contributed by atoms with Gasteiger partial charge in [-0.15, -0.1) is 0 Å². The quantitative estimate of drug-likeness (QED) is 0.448. The fourth-order valence-electron chi connectivity index (χ4n) is 2.79. The number of methoxy groups -OCH3 is 1. The van der Waals surface area contributed by atoms with Gasteiger partial charge in [0.25, 0.3) is 5.56 Å². The van der Waals surface area contributed by atoms with Crippen LogP contribution in [0, 0.1) is 0 Å². The number of carbonyl (C=O) groups excluding carboxylic acids is 2. The maximum Gasteiger partial charge on any atom is 0.306 e. The fraction of sp³-hybridized carbons (Fsp3) is 0.238. The number of benzene rings is 2. The van der Waals surface area contributed by atoms with Crippen molar-refractivity contribution in [3.8, 4) is 5.75 Å². The Hall–Kier alpha value is -3.19. The van der Waals surface area contributed by atoms with Gasteiger partial charge in [-0.3, -0.25) is 14.4 Å². The highest BCUT2D eigenvalue weighted by atomic mass is 35.5. The number of hydrogen-bond acceptors (Lipinski definition) is 6. The first-order valence-corrected chi connectivity index (χ1v) is 9.36. The maximum atomic E-state index is 12.1. The van der Waals surface area contributed by atoms with Crippen molar-refractivity contribution in [1.82, 2.24) is 9.97 Å². The van der Waals surface area contributed by atoms with E-state index >= 15 is 0 Å². The number of aromatic nitrogens is 2. The molecule has 7 nitrogen and oxygen atoms in total. The Bertz CT molecular complexity index is 1110. The highest BCUT2D eigenvalue weighted by molar-refractivity contribution is 6.32. The number of ketones is 1. The molecule has 0 saturated heterocycles. The number of rotatable bonds is 8. The average Bonchev–Trinajstić information content (AvgIpc) is 2.72. The van der Waals surface area contributed by atoms with Crippen LogP contribution >= 0.6 is 11.6 Å². The number of hydrogen-bond donors (Lipinski definition) is 1. The fourth-order valence-corrected chi connectivity index (χ4v) is 3.05. The van der Waals surface area contributed by atoms with E-state index in [-0.39, 0.29) is 24.4 Å². The van der Waals surface area contributed by atoms with E-state index in [0.29, 0.717) is 45.9 Å². The van der Waals surface area contributed by atoms with Gasteiger partial charge in [0.15, 0.2) is 12.4 Å². The van der Waals surface area contributed by atoms with Gasteiger partial charge in [0.05, 0.1) is 23.0 Å². The molecule has 1 heterocycles. The lowest BCUT2D eigenvalue weighted by atomic mass is 10.1. The number of nitrogens with one attached hydrogen (secondary N) is 1. The van der Waals surface area contributed by atoms with Crippen molar-refractivity contribution >= 4 is 34.3 Å². The van der Waals surface area contributed by atoms with Crippen molar-refractivity contribution in [3.05, 3.63) is 69.2 Å². The van der Waals surface area contributed by atoms with Gasteiger partial charge < -0.3 is 14.5 Å². The molecule has 0 spiro atoms. The molecule has 0 aliphatic heterocycles. The van der Waals surface area contributed by atoms with Crippen LogP contribution in [-0.4, -0.2) is 35.4 Å². The van der Waals surface area contributed by atoms with Gasteiger partial charge in [-0.1, -0.05) is 23.7 Å². The number of nitrogens with zero attached hydrogens (tertiary/aromatic N) is 1. The summed E-state index contributed by atoms with van der Waals surface area (Å²) in [7, 11) is 1.48. The summed E-state index contributed by atoms with van der Waals surface area (Å²) < 4.78 is 10.1. The van der Waals surface area contributed by atoms with Crippen LogP contribution in [0.2, 0.25) is 5.02 Å². The van der Waals surface area contributed by atoms with Crippen molar-refractivity contribution in [3.63, 3.8) is 0 Å². The summed E-state index contributed by atoms with van der Waals surface area (Å²) in [6.45, 7) is -0.369. The summed E-state index contributed by atoms with van der Waals surface area (Å²) >= 11 is 5.99. The molecule has 2 aromatic carbocycles. The van der Waals surface area contributed by atoms with Crippen molar-refractivity contribution in [1.29, 1.82) is 0 Å². The standard InChI is InChI=1S/C21H19ClN2O5/c1-28-18-10-9-13(11-15(18)22)17(25)12-29-20(26)8-4-7-19-23-16-6-3-2-5-14(16)21(27)24-19/h2-3,5-6,9-11H,4,7-8,12H2,1H3,(H,23,24,27). The number of Topliss-reactive ketones (excluding diaryl/α,β-unsaturated/α-hetero) is 1. The summed E-state index contributed by atoms with van der Waals surface area (Å²) in [5.74, 6) is 0.107. The van der Waals surface area contributed by atoms with E-state index in [4.69, 9.17) is 21.1 Å². The van der Waals surface area contributed by atoms with Gasteiger partial charge in [0.1, 0.15) is 11.6 Å². The number of halogens is 1. The lowest BCUT2D eigenvalue weighted by Crippen LogP contribution is -2.15. The number of para-hydroxylation sites is 1. The van der Waals surface area contributed by atoms with Crippen molar-refractivity contribution in [2.75, 3.05) is 13.7 Å². The number of esters is 1. The molecule has 0 bridgehead atoms. The normalized spacial score (nSPS) is 10.7. The molecule has 0 aliphatic carbocycles. The smallest absolute Gasteiger partial charge is 0.306 e. The van der Waals surface area contributed by atoms with Crippen LogP contribution in [-0.2, 0) is 16.0 Å². The molecule has 0 saturated carbocycles. The van der Waals surface area contributed by atoms with Crippen LogP contribution < -0.4 is 10.3 Å². The van der Waals surface area contributed by atoms with E-state index in [9.17, 15) is 14.4 Å². The lowest BCUT2D eigenvalue weighted by Gasteiger charge is -2.07. The van der Waals surface area contributed by atoms with E-state index in [1.165, 1.54) is 13.2 Å². The van der Waals surface area contributed by atoms with Crippen LogP contribution in [0.5, 0.6) is 5.75 Å². The predicted molar refractivity (Wildman–Crippen MR) is 109 cm³/mol. The molecule has 0 amide bonds. The van der Waals surface area contributed by atoms with Crippen molar-refractivity contribution in [2.24, 2.45) is 0 Å². The number of H-pyrrole nitrogens is 1. The first-order valence-electron chi connectivity index (χ1n) is 8.98. The topological polar surface area (TPSA) is 98.3 Å². The number of aryl methyl sites for hydroxylation is 1. The third kappa shape index (κ3) is 5.20. The Labute approximate surface area is 171 Å². The van der Waals surface area contributed by atoms with Gasteiger partial charge in [-0.05, 0) is 36.8 Å². The highest BCUT2D eigenvalue weighted by Crippen LogP contribution is 2.25. The Balaban J connectivity index is 1.48. The summed E-state index contributed by atoms with van der Waals surface area (Å²) in [4.78, 5) is 43.2. The SMILES string of the molecule is COc1ccc(C(=O)COC(=O)CCCc2nc3ccccc3c(=O)[nH]2)cc1Cl. The molecule has 0 fully saturated rings. The minimum atomic E-state index is -0.499. The Morgan fingerprint density at radius 2 is 1.97 bits per heavy atom. The van der Waals surface area contributed by atoms with Crippen molar-refractivity contribution < 1.29 is 19.1 Å². The second kappa shape index (κ2) is 9.34. The molecule has 8 heteroatoms.